The van der Waals surface area contributed by atoms with Gasteiger partial charge in [0.1, 0.15) is 10.9 Å². The van der Waals surface area contributed by atoms with Gasteiger partial charge < -0.3 is 9.47 Å². The van der Waals surface area contributed by atoms with Crippen LogP contribution in [0.25, 0.3) is 6.08 Å². The largest absolute Gasteiger partial charge is 0.493 e. The van der Waals surface area contributed by atoms with E-state index in [4.69, 9.17) is 21.7 Å². The zero-order valence-corrected chi connectivity index (χ0v) is 18.8. The Balaban J connectivity index is 1.84. The molecule has 1 fully saturated rings. The maximum atomic E-state index is 12.5. The number of hydrogen-bond acceptors (Lipinski definition) is 6. The third kappa shape index (κ3) is 4.73. The molecule has 0 aliphatic carbocycles. The number of aromatic nitrogens is 1. The molecule has 1 aromatic carbocycles. The summed E-state index contributed by atoms with van der Waals surface area (Å²) in [5.74, 6) is 1.13. The molecule has 1 amide bonds. The summed E-state index contributed by atoms with van der Waals surface area (Å²) in [5, 5.41) is 0. The lowest BCUT2D eigenvalue weighted by Gasteiger charge is -2.13. The van der Waals surface area contributed by atoms with Gasteiger partial charge in [0.2, 0.25) is 0 Å². The number of thioether (sulfide) groups is 1. The van der Waals surface area contributed by atoms with Crippen LogP contribution in [0.15, 0.2) is 54.1 Å². The smallest absolute Gasteiger partial charge is 0.266 e. The second-order valence-corrected chi connectivity index (χ2v) is 8.56. The van der Waals surface area contributed by atoms with Crippen LogP contribution in [-0.2, 0) is 11.4 Å². The van der Waals surface area contributed by atoms with Gasteiger partial charge >= 0.3 is 0 Å². The van der Waals surface area contributed by atoms with Crippen LogP contribution in [0.3, 0.4) is 0 Å². The van der Waals surface area contributed by atoms with E-state index in [1.165, 1.54) is 16.7 Å². The van der Waals surface area contributed by atoms with Crippen LogP contribution in [0.1, 0.15) is 11.3 Å². The SMILES string of the molecule is C=CCN1C(=O)/C(=C\c2cc(I)c(OCc3ccccn3)c(OC)c2)SC1=S. The number of benzene rings is 1. The van der Waals surface area contributed by atoms with Crippen LogP contribution in [0.4, 0.5) is 0 Å². The number of hydrogen-bond donors (Lipinski definition) is 0. The van der Waals surface area contributed by atoms with Gasteiger partial charge in [-0.25, -0.2) is 0 Å². The molecule has 1 saturated heterocycles. The van der Waals surface area contributed by atoms with Gasteiger partial charge in [0.15, 0.2) is 11.5 Å². The van der Waals surface area contributed by atoms with E-state index in [0.717, 1.165) is 14.8 Å². The zero-order valence-electron chi connectivity index (χ0n) is 15.1. The number of pyridine rings is 1. The van der Waals surface area contributed by atoms with Crippen molar-refractivity contribution in [3.8, 4) is 11.5 Å². The van der Waals surface area contributed by atoms with E-state index < -0.39 is 0 Å². The van der Waals surface area contributed by atoms with E-state index in [0.29, 0.717) is 33.9 Å². The number of carbonyl (C=O) groups excluding carboxylic acids is 1. The second kappa shape index (κ2) is 9.53. The summed E-state index contributed by atoms with van der Waals surface area (Å²) in [6.07, 6.45) is 5.20. The van der Waals surface area contributed by atoms with E-state index in [1.807, 2.05) is 36.4 Å². The van der Waals surface area contributed by atoms with Crippen molar-refractivity contribution in [2.75, 3.05) is 13.7 Å². The van der Waals surface area contributed by atoms with Crippen LogP contribution in [0, 0.1) is 3.57 Å². The number of amides is 1. The minimum Gasteiger partial charge on any atom is -0.493 e. The van der Waals surface area contributed by atoms with E-state index >= 15 is 0 Å². The molecular weight excluding hydrogens is 507 g/mol. The number of halogens is 1. The van der Waals surface area contributed by atoms with Crippen LogP contribution in [0.5, 0.6) is 11.5 Å². The van der Waals surface area contributed by atoms with Crippen LogP contribution < -0.4 is 9.47 Å². The van der Waals surface area contributed by atoms with Gasteiger partial charge in [-0.05, 0) is 58.5 Å². The second-order valence-electron chi connectivity index (χ2n) is 5.72. The summed E-state index contributed by atoms with van der Waals surface area (Å²) in [6, 6.07) is 9.46. The van der Waals surface area contributed by atoms with Crippen molar-refractivity contribution in [1.82, 2.24) is 9.88 Å². The maximum Gasteiger partial charge on any atom is 0.266 e. The molecule has 0 bridgehead atoms. The molecule has 0 spiro atoms. The molecule has 2 heterocycles. The molecule has 1 aliphatic rings. The Morgan fingerprint density at radius 2 is 2.21 bits per heavy atom. The van der Waals surface area contributed by atoms with Crippen LogP contribution >= 0.6 is 46.6 Å². The number of thiocarbonyl (C=S) groups is 1. The fourth-order valence-electron chi connectivity index (χ4n) is 2.53. The number of methoxy groups -OCH3 is 1. The molecule has 0 unspecified atom stereocenters. The van der Waals surface area contributed by atoms with Crippen molar-refractivity contribution in [1.29, 1.82) is 0 Å². The molecule has 144 valence electrons. The topological polar surface area (TPSA) is 51.7 Å². The first-order chi connectivity index (χ1) is 13.5. The van der Waals surface area contributed by atoms with E-state index in [-0.39, 0.29) is 5.91 Å². The molecule has 1 aliphatic heterocycles. The maximum absolute atomic E-state index is 12.5. The standard InChI is InChI=1S/C20H17IN2O3S2/c1-3-8-23-19(24)17(28-20(23)27)11-13-9-15(21)18(16(10-13)25-2)26-12-14-6-4-5-7-22-14/h3-7,9-11H,1,8,12H2,2H3/b17-11+. The molecule has 28 heavy (non-hydrogen) atoms. The minimum atomic E-state index is -0.112. The predicted octanol–water partition coefficient (Wildman–Crippen LogP) is 4.66. The van der Waals surface area contributed by atoms with Crippen molar-refractivity contribution in [2.45, 2.75) is 6.61 Å². The molecular formula is C20H17IN2O3S2. The summed E-state index contributed by atoms with van der Waals surface area (Å²) in [5.41, 5.74) is 1.67. The predicted molar refractivity (Wildman–Crippen MR) is 124 cm³/mol. The highest BCUT2D eigenvalue weighted by Crippen LogP contribution is 2.37. The van der Waals surface area contributed by atoms with Crippen molar-refractivity contribution >= 4 is 62.9 Å². The lowest BCUT2D eigenvalue weighted by Crippen LogP contribution is -2.27. The van der Waals surface area contributed by atoms with Crippen molar-refractivity contribution in [2.24, 2.45) is 0 Å². The van der Waals surface area contributed by atoms with Gasteiger partial charge in [-0.15, -0.1) is 6.58 Å². The first-order valence-electron chi connectivity index (χ1n) is 8.30. The summed E-state index contributed by atoms with van der Waals surface area (Å²) in [4.78, 5) is 18.9. The van der Waals surface area contributed by atoms with Crippen LogP contribution in [0.2, 0.25) is 0 Å². The monoisotopic (exact) mass is 524 g/mol. The molecule has 5 nitrogen and oxygen atoms in total. The Kier molecular flexibility index (Phi) is 7.08. The Morgan fingerprint density at radius 1 is 1.39 bits per heavy atom. The highest BCUT2D eigenvalue weighted by molar-refractivity contribution is 14.1. The molecule has 0 N–H and O–H groups in total. The summed E-state index contributed by atoms with van der Waals surface area (Å²) in [6.45, 7) is 4.41. The molecule has 0 saturated carbocycles. The number of nitrogens with zero attached hydrogens (tertiary/aromatic N) is 2. The Hall–Kier alpha value is -1.91. The van der Waals surface area contributed by atoms with Crippen molar-refractivity contribution < 1.29 is 14.3 Å². The Labute approximate surface area is 186 Å². The molecule has 2 aromatic rings. The fraction of sp³-hybridized carbons (Fsp3) is 0.150. The average Bonchev–Trinajstić information content (AvgIpc) is 2.95. The third-order valence-electron chi connectivity index (χ3n) is 3.83. The molecule has 0 atom stereocenters. The summed E-state index contributed by atoms with van der Waals surface area (Å²) >= 11 is 8.76. The number of carbonyl (C=O) groups is 1. The van der Waals surface area contributed by atoms with Gasteiger partial charge in [-0.1, -0.05) is 36.1 Å². The minimum absolute atomic E-state index is 0.112. The lowest BCUT2D eigenvalue weighted by molar-refractivity contribution is -0.121. The van der Waals surface area contributed by atoms with Gasteiger partial charge in [0.25, 0.3) is 5.91 Å². The number of ether oxygens (including phenoxy) is 2. The highest BCUT2D eigenvalue weighted by Gasteiger charge is 2.31. The van der Waals surface area contributed by atoms with Crippen molar-refractivity contribution in [3.05, 3.63) is 68.9 Å². The molecule has 8 heteroatoms. The first kappa shape index (κ1) is 20.8. The van der Waals surface area contributed by atoms with Gasteiger partial charge in [-0.3, -0.25) is 14.7 Å². The molecule has 3 rings (SSSR count). The quantitative estimate of drug-likeness (QED) is 0.227. The summed E-state index contributed by atoms with van der Waals surface area (Å²) in [7, 11) is 1.59. The highest BCUT2D eigenvalue weighted by atomic mass is 127. The fourth-order valence-corrected chi connectivity index (χ4v) is 4.59. The van der Waals surface area contributed by atoms with Gasteiger partial charge in [0, 0.05) is 12.7 Å². The van der Waals surface area contributed by atoms with Gasteiger partial charge in [-0.2, -0.15) is 0 Å². The van der Waals surface area contributed by atoms with Crippen LogP contribution in [-0.4, -0.2) is 33.8 Å². The normalized spacial score (nSPS) is 15.2. The number of rotatable bonds is 7. The Morgan fingerprint density at radius 3 is 2.89 bits per heavy atom. The van der Waals surface area contributed by atoms with Gasteiger partial charge in [0.05, 0.1) is 21.3 Å². The zero-order chi connectivity index (χ0) is 20.1. The average molecular weight is 524 g/mol. The lowest BCUT2D eigenvalue weighted by atomic mass is 10.2. The summed E-state index contributed by atoms with van der Waals surface area (Å²) < 4.78 is 12.8. The Bertz CT molecular complexity index is 948. The molecule has 0 radical (unpaired) electrons. The third-order valence-corrected chi connectivity index (χ3v) is 6.00. The molecule has 1 aromatic heterocycles. The first-order valence-corrected chi connectivity index (χ1v) is 10.6. The van der Waals surface area contributed by atoms with E-state index in [9.17, 15) is 4.79 Å². The van der Waals surface area contributed by atoms with Crippen molar-refractivity contribution in [3.63, 3.8) is 0 Å². The van der Waals surface area contributed by atoms with E-state index in [2.05, 4.69) is 34.2 Å². The van der Waals surface area contributed by atoms with E-state index in [1.54, 1.807) is 19.4 Å².